The first-order valence-corrected chi connectivity index (χ1v) is 13.4. The fourth-order valence-corrected chi connectivity index (χ4v) is 5.64. The third-order valence-corrected chi connectivity index (χ3v) is 7.97. The first kappa shape index (κ1) is 21.3. The number of aromatic nitrogens is 4. The number of imidazole rings is 1. The van der Waals surface area contributed by atoms with Crippen molar-refractivity contribution in [2.75, 3.05) is 42.8 Å². The molecule has 2 saturated carbocycles. The van der Waals surface area contributed by atoms with Gasteiger partial charge in [-0.1, -0.05) is 37.4 Å². The van der Waals surface area contributed by atoms with Crippen molar-refractivity contribution >= 4 is 34.7 Å². The minimum absolute atomic E-state index is 0.423. The van der Waals surface area contributed by atoms with Gasteiger partial charge in [0.25, 0.3) is 0 Å². The van der Waals surface area contributed by atoms with Gasteiger partial charge in [0, 0.05) is 25.7 Å². The zero-order chi connectivity index (χ0) is 21.2. The van der Waals surface area contributed by atoms with Crippen LogP contribution in [0.3, 0.4) is 0 Å². The molecule has 1 saturated heterocycles. The van der Waals surface area contributed by atoms with Crippen molar-refractivity contribution in [3.63, 3.8) is 0 Å². The second kappa shape index (κ2) is 9.53. The highest BCUT2D eigenvalue weighted by molar-refractivity contribution is 7.98. The molecule has 0 amide bonds. The molecule has 1 atom stereocenters. The predicted molar refractivity (Wildman–Crippen MR) is 127 cm³/mol. The van der Waals surface area contributed by atoms with E-state index in [2.05, 4.69) is 21.7 Å². The number of rotatable bonds is 7. The summed E-state index contributed by atoms with van der Waals surface area (Å²) in [5.41, 5.74) is 1.93. The molecule has 3 heterocycles. The fraction of sp³-hybridized carbons (Fsp3) is 0.783. The molecule has 31 heavy (non-hydrogen) atoms. The molecule has 0 radical (unpaired) electrons. The minimum Gasteiger partial charge on any atom is -0.378 e. The van der Waals surface area contributed by atoms with Gasteiger partial charge in [0.05, 0.1) is 13.2 Å². The predicted octanol–water partition coefficient (Wildman–Crippen LogP) is 4.57. The molecule has 1 N–H and O–H groups in total. The second-order valence-electron chi connectivity index (χ2n) is 9.48. The summed E-state index contributed by atoms with van der Waals surface area (Å²) in [4.78, 5) is 17.2. The van der Waals surface area contributed by atoms with E-state index in [4.69, 9.17) is 19.7 Å². The van der Waals surface area contributed by atoms with Crippen LogP contribution < -0.4 is 10.2 Å². The number of ether oxygens (including phenoxy) is 1. The lowest BCUT2D eigenvalue weighted by Crippen LogP contribution is -2.38. The van der Waals surface area contributed by atoms with Crippen LogP contribution >= 0.6 is 11.8 Å². The Morgan fingerprint density at radius 3 is 2.48 bits per heavy atom. The lowest BCUT2D eigenvalue weighted by molar-refractivity contribution is 0.121. The van der Waals surface area contributed by atoms with Gasteiger partial charge in [0.15, 0.2) is 16.6 Å². The van der Waals surface area contributed by atoms with Crippen LogP contribution in [0.5, 0.6) is 0 Å². The van der Waals surface area contributed by atoms with Crippen LogP contribution in [0.4, 0.5) is 11.8 Å². The highest BCUT2D eigenvalue weighted by Crippen LogP contribution is 2.35. The molecule has 0 spiro atoms. The van der Waals surface area contributed by atoms with Crippen LogP contribution in [-0.2, 0) is 11.3 Å². The monoisotopic (exact) mass is 444 g/mol. The number of hydrogen-bond donors (Lipinski definition) is 1. The Morgan fingerprint density at radius 1 is 1.03 bits per heavy atom. The molecule has 0 aromatic carbocycles. The summed E-state index contributed by atoms with van der Waals surface area (Å²) >= 11 is 1.59. The number of anilines is 2. The van der Waals surface area contributed by atoms with Crippen LogP contribution in [0.25, 0.3) is 11.2 Å². The maximum atomic E-state index is 5.62. The van der Waals surface area contributed by atoms with Gasteiger partial charge in [0.2, 0.25) is 5.95 Å². The Bertz CT molecular complexity index is 886. The van der Waals surface area contributed by atoms with E-state index in [-0.39, 0.29) is 0 Å². The molecular formula is C23H36N6OS. The van der Waals surface area contributed by atoms with E-state index in [1.807, 2.05) is 6.26 Å². The maximum absolute atomic E-state index is 5.62. The zero-order valence-corrected chi connectivity index (χ0v) is 19.8. The SMILES string of the molecule is CSc1nc(N[C@H](C)C2CCC2)c2c(n1)nc(N1CCOCC1)n2CC1CCCCC1. The van der Waals surface area contributed by atoms with Crippen molar-refractivity contribution < 1.29 is 4.74 Å². The lowest BCUT2D eigenvalue weighted by Gasteiger charge is -2.33. The molecule has 7 nitrogen and oxygen atoms in total. The number of morpholine rings is 1. The van der Waals surface area contributed by atoms with Gasteiger partial charge < -0.3 is 19.5 Å². The van der Waals surface area contributed by atoms with E-state index in [9.17, 15) is 0 Å². The Hall–Kier alpha value is -1.54. The first-order chi connectivity index (χ1) is 15.2. The van der Waals surface area contributed by atoms with Crippen molar-refractivity contribution in [2.45, 2.75) is 76.0 Å². The van der Waals surface area contributed by atoms with Crippen molar-refractivity contribution in [1.82, 2.24) is 19.5 Å². The third kappa shape index (κ3) is 4.51. The Morgan fingerprint density at radius 2 is 1.81 bits per heavy atom. The van der Waals surface area contributed by atoms with E-state index >= 15 is 0 Å². The van der Waals surface area contributed by atoms with E-state index in [1.54, 1.807) is 11.8 Å². The number of nitrogens with one attached hydrogen (secondary N) is 1. The van der Waals surface area contributed by atoms with Crippen LogP contribution in [0.15, 0.2) is 5.16 Å². The molecular weight excluding hydrogens is 408 g/mol. The summed E-state index contributed by atoms with van der Waals surface area (Å²) in [7, 11) is 0. The zero-order valence-electron chi connectivity index (χ0n) is 19.0. The highest BCUT2D eigenvalue weighted by Gasteiger charge is 2.28. The summed E-state index contributed by atoms with van der Waals surface area (Å²) in [6.45, 7) is 6.62. The second-order valence-corrected chi connectivity index (χ2v) is 10.3. The van der Waals surface area contributed by atoms with Crippen molar-refractivity contribution in [3.05, 3.63) is 0 Å². The molecule has 2 aromatic heterocycles. The van der Waals surface area contributed by atoms with E-state index < -0.39 is 0 Å². The standard InChI is InChI=1S/C23H36N6OS/c1-16(18-9-6-10-18)24-20-19-21(26-22(25-20)31-2)27-23(28-11-13-30-14-12-28)29(19)15-17-7-4-3-5-8-17/h16-18H,3-15H2,1-2H3,(H,24,25,26)/t16-/m1/s1. The number of nitrogens with zero attached hydrogens (tertiary/aromatic N) is 5. The minimum atomic E-state index is 0.423. The fourth-order valence-electron chi connectivity index (χ4n) is 5.28. The van der Waals surface area contributed by atoms with Gasteiger partial charge in [-0.25, -0.2) is 9.97 Å². The number of thioether (sulfide) groups is 1. The molecule has 3 aliphatic rings. The molecule has 5 rings (SSSR count). The molecule has 8 heteroatoms. The maximum Gasteiger partial charge on any atom is 0.208 e. The van der Waals surface area contributed by atoms with Crippen molar-refractivity contribution in [3.8, 4) is 0 Å². The summed E-state index contributed by atoms with van der Waals surface area (Å²) in [6, 6.07) is 0.423. The summed E-state index contributed by atoms with van der Waals surface area (Å²) in [5, 5.41) is 4.58. The Labute approximate surface area is 189 Å². The molecule has 2 aliphatic carbocycles. The average Bonchev–Trinajstić information content (AvgIpc) is 3.12. The van der Waals surface area contributed by atoms with Crippen molar-refractivity contribution in [1.29, 1.82) is 0 Å². The number of hydrogen-bond acceptors (Lipinski definition) is 7. The Balaban J connectivity index is 1.57. The third-order valence-electron chi connectivity index (χ3n) is 7.43. The molecule has 1 aliphatic heterocycles. The topological polar surface area (TPSA) is 68.1 Å². The van der Waals surface area contributed by atoms with Crippen molar-refractivity contribution in [2.24, 2.45) is 11.8 Å². The lowest BCUT2D eigenvalue weighted by atomic mass is 9.80. The largest absolute Gasteiger partial charge is 0.378 e. The number of fused-ring (bicyclic) bond motifs is 1. The van der Waals surface area contributed by atoms with Gasteiger partial charge in [-0.15, -0.1) is 0 Å². The van der Waals surface area contributed by atoms with E-state index in [1.165, 1.54) is 51.4 Å². The van der Waals surface area contributed by atoms with Gasteiger partial charge in [0.1, 0.15) is 5.52 Å². The van der Waals surface area contributed by atoms with E-state index in [0.29, 0.717) is 12.0 Å². The molecule has 0 bridgehead atoms. The highest BCUT2D eigenvalue weighted by atomic mass is 32.2. The van der Waals surface area contributed by atoms with Crippen LogP contribution in [0.1, 0.15) is 58.3 Å². The molecule has 3 fully saturated rings. The first-order valence-electron chi connectivity index (χ1n) is 12.1. The Kier molecular flexibility index (Phi) is 6.55. The smallest absolute Gasteiger partial charge is 0.208 e. The van der Waals surface area contributed by atoms with Crippen LogP contribution in [-0.4, -0.2) is 58.1 Å². The molecule has 0 unspecified atom stereocenters. The van der Waals surface area contributed by atoms with Gasteiger partial charge in [-0.05, 0) is 50.7 Å². The normalized spacial score (nSPS) is 21.9. The van der Waals surface area contributed by atoms with Gasteiger partial charge in [-0.2, -0.15) is 4.98 Å². The molecule has 2 aromatic rings. The average molecular weight is 445 g/mol. The van der Waals surface area contributed by atoms with Gasteiger partial charge >= 0.3 is 0 Å². The van der Waals surface area contributed by atoms with Gasteiger partial charge in [-0.3, -0.25) is 0 Å². The van der Waals surface area contributed by atoms with Crippen LogP contribution in [0, 0.1) is 11.8 Å². The summed E-state index contributed by atoms with van der Waals surface area (Å²) < 4.78 is 8.06. The molecule has 170 valence electrons. The summed E-state index contributed by atoms with van der Waals surface area (Å²) in [5.74, 6) is 3.48. The van der Waals surface area contributed by atoms with E-state index in [0.717, 1.165) is 66.9 Å². The quantitative estimate of drug-likeness (QED) is 0.496. The summed E-state index contributed by atoms with van der Waals surface area (Å²) in [6.07, 6.45) is 12.7. The van der Waals surface area contributed by atoms with Crippen LogP contribution in [0.2, 0.25) is 0 Å².